The molecule has 2 amide bonds. The van der Waals surface area contributed by atoms with Crippen LogP contribution >= 0.6 is 11.5 Å². The number of ether oxygens (including phenoxy) is 3. The minimum atomic E-state index is -0.457. The van der Waals surface area contributed by atoms with Crippen molar-refractivity contribution in [3.8, 4) is 17.2 Å². The summed E-state index contributed by atoms with van der Waals surface area (Å²) in [6, 6.07) is 12.8. The van der Waals surface area contributed by atoms with Crippen molar-refractivity contribution in [3.63, 3.8) is 0 Å². The Balaban J connectivity index is 1.33. The smallest absolute Gasteiger partial charge is 0.273 e. The number of benzene rings is 2. The van der Waals surface area contributed by atoms with Gasteiger partial charge in [-0.1, -0.05) is 18.2 Å². The molecule has 2 heterocycles. The summed E-state index contributed by atoms with van der Waals surface area (Å²) < 4.78 is 20.1. The number of carbonyl (C=O) groups excluding carboxylic acids is 2. The lowest BCUT2D eigenvalue weighted by molar-refractivity contribution is 0.0946. The number of aromatic nitrogens is 1. The average Bonchev–Trinajstić information content (AvgIpc) is 3.43. The minimum absolute atomic E-state index is 0.0296. The number of amides is 2. The Morgan fingerprint density at radius 1 is 1.03 bits per heavy atom. The molecule has 0 unspecified atom stereocenters. The molecule has 0 spiro atoms. The van der Waals surface area contributed by atoms with E-state index in [0.717, 1.165) is 28.4 Å². The van der Waals surface area contributed by atoms with E-state index in [9.17, 15) is 9.59 Å². The number of rotatable bonds is 8. The molecule has 1 aliphatic rings. The van der Waals surface area contributed by atoms with E-state index in [4.69, 9.17) is 19.9 Å². The fourth-order valence-corrected chi connectivity index (χ4v) is 3.79. The van der Waals surface area contributed by atoms with Crippen LogP contribution in [0.4, 0.5) is 5.69 Å². The summed E-state index contributed by atoms with van der Waals surface area (Å²) in [5.74, 6) is 1.23. The van der Waals surface area contributed by atoms with Crippen LogP contribution in [0.25, 0.3) is 0 Å². The third-order valence-corrected chi connectivity index (χ3v) is 5.59. The molecule has 10 heteroatoms. The summed E-state index contributed by atoms with van der Waals surface area (Å²) >= 11 is 0.890. The van der Waals surface area contributed by atoms with Crippen molar-refractivity contribution in [2.75, 3.05) is 19.1 Å². The van der Waals surface area contributed by atoms with Gasteiger partial charge in [-0.25, -0.2) is 0 Å². The van der Waals surface area contributed by atoms with E-state index in [0.29, 0.717) is 24.7 Å². The summed E-state index contributed by atoms with van der Waals surface area (Å²) in [6.07, 6.45) is 0. The van der Waals surface area contributed by atoms with Crippen molar-refractivity contribution >= 4 is 29.0 Å². The lowest BCUT2D eigenvalue weighted by Gasteiger charge is -2.07. The van der Waals surface area contributed by atoms with E-state index in [1.54, 1.807) is 12.1 Å². The van der Waals surface area contributed by atoms with Crippen LogP contribution < -0.4 is 30.6 Å². The normalized spacial score (nSPS) is 11.8. The second-order valence-electron chi connectivity index (χ2n) is 6.90. The Bertz CT molecular complexity index is 1130. The highest BCUT2D eigenvalue weighted by Gasteiger charge is 2.22. The number of nitrogens with one attached hydrogen (secondary N) is 2. The fourth-order valence-electron chi connectivity index (χ4n) is 3.07. The molecule has 166 valence electrons. The van der Waals surface area contributed by atoms with Crippen molar-refractivity contribution in [1.29, 1.82) is 0 Å². The highest BCUT2D eigenvalue weighted by Crippen LogP contribution is 2.32. The predicted octanol–water partition coefficient (Wildman–Crippen LogP) is 2.71. The number of anilines is 1. The lowest BCUT2D eigenvalue weighted by Crippen LogP contribution is -2.25. The molecule has 0 radical (unpaired) electrons. The molecule has 0 saturated carbocycles. The molecule has 32 heavy (non-hydrogen) atoms. The van der Waals surface area contributed by atoms with Gasteiger partial charge in [0.1, 0.15) is 10.6 Å². The molecule has 1 aliphatic heterocycles. The number of nitrogen functional groups attached to an aromatic ring is 1. The monoisotopic (exact) mass is 454 g/mol. The van der Waals surface area contributed by atoms with Gasteiger partial charge in [0.2, 0.25) is 6.79 Å². The van der Waals surface area contributed by atoms with Gasteiger partial charge < -0.3 is 30.6 Å². The third kappa shape index (κ3) is 4.75. The minimum Gasteiger partial charge on any atom is -0.494 e. The topological polar surface area (TPSA) is 125 Å². The Kier molecular flexibility index (Phi) is 6.41. The predicted molar refractivity (Wildman–Crippen MR) is 119 cm³/mol. The van der Waals surface area contributed by atoms with E-state index in [2.05, 4.69) is 15.0 Å². The Morgan fingerprint density at radius 2 is 1.72 bits per heavy atom. The molecular formula is C22H22N4O5S. The number of nitrogens with two attached hydrogens (primary N) is 1. The van der Waals surface area contributed by atoms with E-state index in [-0.39, 0.29) is 35.5 Å². The van der Waals surface area contributed by atoms with Gasteiger partial charge in [-0.15, -0.1) is 0 Å². The molecule has 0 bridgehead atoms. The maximum Gasteiger partial charge on any atom is 0.273 e. The first-order valence-corrected chi connectivity index (χ1v) is 10.7. The van der Waals surface area contributed by atoms with Gasteiger partial charge in [-0.3, -0.25) is 9.59 Å². The molecule has 0 saturated heterocycles. The van der Waals surface area contributed by atoms with Crippen molar-refractivity contribution in [3.05, 3.63) is 64.2 Å². The van der Waals surface area contributed by atoms with Crippen molar-refractivity contribution < 1.29 is 23.8 Å². The molecule has 4 N–H and O–H groups in total. The molecule has 0 aliphatic carbocycles. The van der Waals surface area contributed by atoms with Gasteiger partial charge >= 0.3 is 0 Å². The standard InChI is InChI=1S/C22H22N4O5S/c1-2-29-15-6-3-13(4-7-15)10-25-22(28)20-18(23)19(26-32-20)21(27)24-11-14-5-8-16-17(9-14)31-12-30-16/h3-9H,2,10-12,23H2,1H3,(H,24,27)(H,25,28). The van der Waals surface area contributed by atoms with Crippen LogP contribution in [0.15, 0.2) is 42.5 Å². The van der Waals surface area contributed by atoms with Gasteiger partial charge in [-0.2, -0.15) is 4.37 Å². The van der Waals surface area contributed by atoms with Crippen molar-refractivity contribution in [2.24, 2.45) is 0 Å². The molecule has 3 aromatic rings. The van der Waals surface area contributed by atoms with Crippen LogP contribution in [0.1, 0.15) is 38.2 Å². The quantitative estimate of drug-likeness (QED) is 0.478. The zero-order valence-electron chi connectivity index (χ0n) is 17.3. The Hall–Kier alpha value is -3.79. The van der Waals surface area contributed by atoms with E-state index in [1.165, 1.54) is 0 Å². The zero-order valence-corrected chi connectivity index (χ0v) is 18.2. The first kappa shape index (κ1) is 21.4. The lowest BCUT2D eigenvalue weighted by atomic mass is 10.2. The molecule has 0 atom stereocenters. The first-order valence-electron chi connectivity index (χ1n) is 9.97. The first-order chi connectivity index (χ1) is 15.5. The summed E-state index contributed by atoms with van der Waals surface area (Å²) in [6.45, 7) is 3.26. The van der Waals surface area contributed by atoms with Gasteiger partial charge in [0.05, 0.1) is 12.3 Å². The zero-order chi connectivity index (χ0) is 22.5. The average molecular weight is 455 g/mol. The molecule has 1 aromatic heterocycles. The van der Waals surface area contributed by atoms with Gasteiger partial charge in [0, 0.05) is 13.1 Å². The fraction of sp³-hybridized carbons (Fsp3) is 0.227. The number of carbonyl (C=O) groups is 2. The van der Waals surface area contributed by atoms with E-state index in [1.807, 2.05) is 37.3 Å². The summed E-state index contributed by atoms with van der Waals surface area (Å²) in [4.78, 5) is 25.3. The maximum absolute atomic E-state index is 12.5. The third-order valence-electron chi connectivity index (χ3n) is 4.73. The molecule has 2 aromatic carbocycles. The SMILES string of the molecule is CCOc1ccc(CNC(=O)c2snc(C(=O)NCc3ccc4c(c3)OCO4)c2N)cc1. The summed E-state index contributed by atoms with van der Waals surface area (Å²) in [5, 5.41) is 5.55. The van der Waals surface area contributed by atoms with Crippen LogP contribution in [0, 0.1) is 0 Å². The van der Waals surface area contributed by atoms with Crippen molar-refractivity contribution in [1.82, 2.24) is 15.0 Å². The Labute approximate surface area is 188 Å². The highest BCUT2D eigenvalue weighted by atomic mass is 32.1. The summed E-state index contributed by atoms with van der Waals surface area (Å²) in [7, 11) is 0. The molecule has 9 nitrogen and oxygen atoms in total. The van der Waals surface area contributed by atoms with Gasteiger partial charge in [0.15, 0.2) is 17.2 Å². The highest BCUT2D eigenvalue weighted by molar-refractivity contribution is 7.09. The van der Waals surface area contributed by atoms with Crippen LogP contribution in [-0.2, 0) is 13.1 Å². The van der Waals surface area contributed by atoms with Gasteiger partial charge in [-0.05, 0) is 53.8 Å². The molecular weight excluding hydrogens is 432 g/mol. The second kappa shape index (κ2) is 9.56. The maximum atomic E-state index is 12.5. The van der Waals surface area contributed by atoms with E-state index >= 15 is 0 Å². The number of fused-ring (bicyclic) bond motifs is 1. The second-order valence-corrected chi connectivity index (χ2v) is 7.68. The Morgan fingerprint density at radius 3 is 2.50 bits per heavy atom. The molecule has 0 fully saturated rings. The van der Waals surface area contributed by atoms with Crippen LogP contribution in [0.5, 0.6) is 17.2 Å². The number of hydrogen-bond donors (Lipinski definition) is 3. The van der Waals surface area contributed by atoms with Crippen molar-refractivity contribution in [2.45, 2.75) is 20.0 Å². The summed E-state index contributed by atoms with van der Waals surface area (Å²) in [5.41, 5.74) is 7.88. The van der Waals surface area contributed by atoms with Crippen LogP contribution in [0.3, 0.4) is 0 Å². The van der Waals surface area contributed by atoms with Crippen LogP contribution in [-0.4, -0.2) is 29.6 Å². The number of nitrogens with zero attached hydrogens (tertiary/aromatic N) is 1. The largest absolute Gasteiger partial charge is 0.494 e. The van der Waals surface area contributed by atoms with Crippen LogP contribution in [0.2, 0.25) is 0 Å². The van der Waals surface area contributed by atoms with E-state index < -0.39 is 5.91 Å². The number of hydrogen-bond acceptors (Lipinski definition) is 8. The molecule has 4 rings (SSSR count). The van der Waals surface area contributed by atoms with Gasteiger partial charge in [0.25, 0.3) is 11.8 Å².